The van der Waals surface area contributed by atoms with Gasteiger partial charge in [0.25, 0.3) is 6.43 Å². The number of alkyl halides is 2. The molecule has 8 nitrogen and oxygen atoms in total. The predicted molar refractivity (Wildman–Crippen MR) is 46.4 cm³/mol. The predicted octanol–water partition coefficient (Wildman–Crippen LogP) is -1.67. The average Bonchev–Trinajstić information content (AvgIpc) is 1.99. The maximum Gasteiger partial charge on any atom is 0.363 e. The quantitative estimate of drug-likeness (QED) is 0.498. The summed E-state index contributed by atoms with van der Waals surface area (Å²) in [6.45, 7) is 0. The number of hydrogen-bond donors (Lipinski definition) is 3. The van der Waals surface area contributed by atoms with Crippen molar-refractivity contribution in [1.82, 2.24) is 4.31 Å². The summed E-state index contributed by atoms with van der Waals surface area (Å²) >= 11 is 0. The fourth-order valence-corrected chi connectivity index (χ4v) is 1.60. The van der Waals surface area contributed by atoms with E-state index >= 15 is 0 Å². The summed E-state index contributed by atoms with van der Waals surface area (Å²) in [5.74, 6) is -1.85. The highest BCUT2D eigenvalue weighted by molar-refractivity contribution is 7.84. The fourth-order valence-electron chi connectivity index (χ4n) is 0.919. The van der Waals surface area contributed by atoms with Crippen LogP contribution in [-0.4, -0.2) is 41.8 Å². The number of halogens is 2. The van der Waals surface area contributed by atoms with Gasteiger partial charge in [0.05, 0.1) is 0 Å². The topological polar surface area (TPSA) is 134 Å². The molecule has 1 atom stereocenters. The van der Waals surface area contributed by atoms with Crippen LogP contribution >= 0.6 is 0 Å². The Balaban J connectivity index is 3.23. The number of nitrogens with zero attached hydrogens (tertiary/aromatic N) is 3. The van der Waals surface area contributed by atoms with Gasteiger partial charge in [-0.15, -0.1) is 0 Å². The molecule has 1 unspecified atom stereocenters. The Labute approximate surface area is 83.2 Å². The standard InChI is InChI=1S/C4H7F2N5O3S/c5-1(6)2-9-3(7)10-4(8)11(2)15(12,13)14/h1,4H,8H2,(H2,7,10)(H,12,13,14). The lowest BCUT2D eigenvalue weighted by atomic mass is 10.5. The van der Waals surface area contributed by atoms with Gasteiger partial charge in [0.15, 0.2) is 12.1 Å². The molecule has 0 bridgehead atoms. The molecule has 0 saturated carbocycles. The Morgan fingerprint density at radius 2 is 2.07 bits per heavy atom. The summed E-state index contributed by atoms with van der Waals surface area (Å²) < 4.78 is 54.5. The van der Waals surface area contributed by atoms with Crippen LogP contribution in [0.2, 0.25) is 0 Å². The van der Waals surface area contributed by atoms with Crippen molar-refractivity contribution in [3.05, 3.63) is 0 Å². The van der Waals surface area contributed by atoms with Gasteiger partial charge in [-0.1, -0.05) is 0 Å². The van der Waals surface area contributed by atoms with Gasteiger partial charge in [-0.05, 0) is 0 Å². The van der Waals surface area contributed by atoms with Crippen LogP contribution < -0.4 is 11.5 Å². The Kier molecular flexibility index (Phi) is 2.88. The highest BCUT2D eigenvalue weighted by Gasteiger charge is 2.37. The number of rotatable bonds is 2. The molecule has 5 N–H and O–H groups in total. The molecule has 86 valence electrons. The lowest BCUT2D eigenvalue weighted by molar-refractivity contribution is 0.204. The molecule has 1 rings (SSSR count). The zero-order valence-corrected chi connectivity index (χ0v) is 7.90. The molecule has 1 heterocycles. The monoisotopic (exact) mass is 243 g/mol. The first-order valence-electron chi connectivity index (χ1n) is 3.46. The largest absolute Gasteiger partial charge is 0.368 e. The number of aliphatic imine (C=N–C) groups is 2. The van der Waals surface area contributed by atoms with E-state index in [4.69, 9.17) is 16.0 Å². The molecular formula is C4H7F2N5O3S. The van der Waals surface area contributed by atoms with Crippen LogP contribution in [-0.2, 0) is 10.3 Å². The molecule has 0 saturated heterocycles. The van der Waals surface area contributed by atoms with Crippen molar-refractivity contribution in [2.24, 2.45) is 21.5 Å². The molecule has 11 heteroatoms. The van der Waals surface area contributed by atoms with Crippen LogP contribution in [0.3, 0.4) is 0 Å². The van der Waals surface area contributed by atoms with E-state index in [1.54, 1.807) is 0 Å². The molecule has 0 aromatic carbocycles. The maximum atomic E-state index is 12.3. The van der Waals surface area contributed by atoms with E-state index in [1.165, 1.54) is 0 Å². The molecule has 15 heavy (non-hydrogen) atoms. The normalized spacial score (nSPS) is 22.7. The summed E-state index contributed by atoms with van der Waals surface area (Å²) in [5.41, 5.74) is 10.1. The summed E-state index contributed by atoms with van der Waals surface area (Å²) in [7, 11) is -4.96. The molecule has 1 aliphatic rings. The summed E-state index contributed by atoms with van der Waals surface area (Å²) in [5, 5.41) is 0. The minimum atomic E-state index is -4.96. The van der Waals surface area contributed by atoms with Crippen molar-refractivity contribution in [3.63, 3.8) is 0 Å². The highest BCUT2D eigenvalue weighted by Crippen LogP contribution is 2.14. The zero-order chi connectivity index (χ0) is 11.8. The maximum absolute atomic E-state index is 12.3. The van der Waals surface area contributed by atoms with Gasteiger partial charge >= 0.3 is 10.3 Å². The van der Waals surface area contributed by atoms with Crippen molar-refractivity contribution in [1.29, 1.82) is 0 Å². The van der Waals surface area contributed by atoms with Gasteiger partial charge in [0.2, 0.25) is 5.96 Å². The van der Waals surface area contributed by atoms with Gasteiger partial charge < -0.3 is 5.73 Å². The molecule has 1 aliphatic heterocycles. The van der Waals surface area contributed by atoms with Crippen LogP contribution in [0.4, 0.5) is 8.78 Å². The van der Waals surface area contributed by atoms with E-state index in [0.717, 1.165) is 0 Å². The lowest BCUT2D eigenvalue weighted by Gasteiger charge is -2.27. The fraction of sp³-hybridized carbons (Fsp3) is 0.500. The first-order chi connectivity index (χ1) is 6.73. The van der Waals surface area contributed by atoms with E-state index in [0.29, 0.717) is 0 Å². The summed E-state index contributed by atoms with van der Waals surface area (Å²) in [6.07, 6.45) is -5.01. The van der Waals surface area contributed by atoms with Crippen molar-refractivity contribution in [2.75, 3.05) is 0 Å². The smallest absolute Gasteiger partial charge is 0.363 e. The van der Waals surface area contributed by atoms with Gasteiger partial charge in [0.1, 0.15) is 0 Å². The number of nitrogens with two attached hydrogens (primary N) is 2. The van der Waals surface area contributed by atoms with E-state index in [2.05, 4.69) is 9.98 Å². The Bertz CT molecular complexity index is 418. The molecular weight excluding hydrogens is 236 g/mol. The van der Waals surface area contributed by atoms with E-state index in [9.17, 15) is 17.2 Å². The number of guanidine groups is 1. The second kappa shape index (κ2) is 3.67. The number of hydrogen-bond acceptors (Lipinski definition) is 6. The van der Waals surface area contributed by atoms with Crippen LogP contribution in [0.1, 0.15) is 0 Å². The summed E-state index contributed by atoms with van der Waals surface area (Å²) in [6, 6.07) is 0. The van der Waals surface area contributed by atoms with Crippen LogP contribution in [0.25, 0.3) is 0 Å². The van der Waals surface area contributed by atoms with Crippen LogP contribution in [0, 0.1) is 0 Å². The van der Waals surface area contributed by atoms with Crippen molar-refractivity contribution in [2.45, 2.75) is 12.7 Å². The van der Waals surface area contributed by atoms with Gasteiger partial charge in [-0.3, -0.25) is 10.3 Å². The third-order valence-electron chi connectivity index (χ3n) is 1.40. The molecule has 0 aromatic rings. The molecule has 0 aromatic heterocycles. The second-order valence-corrected chi connectivity index (χ2v) is 3.73. The second-order valence-electron chi connectivity index (χ2n) is 2.45. The molecule has 0 radical (unpaired) electrons. The third kappa shape index (κ3) is 2.37. The first-order valence-corrected chi connectivity index (χ1v) is 4.85. The SMILES string of the molecule is NC1=NC(N)N(S(=O)(=O)O)C(C(F)F)=N1. The van der Waals surface area contributed by atoms with E-state index in [1.807, 2.05) is 0 Å². The molecule has 0 amide bonds. The van der Waals surface area contributed by atoms with Crippen molar-refractivity contribution in [3.8, 4) is 0 Å². The molecule has 0 spiro atoms. The van der Waals surface area contributed by atoms with E-state index < -0.39 is 34.8 Å². The van der Waals surface area contributed by atoms with Gasteiger partial charge in [-0.2, -0.15) is 17.7 Å². The molecule has 0 fully saturated rings. The Morgan fingerprint density at radius 1 is 1.53 bits per heavy atom. The molecule has 0 aliphatic carbocycles. The van der Waals surface area contributed by atoms with Gasteiger partial charge in [-0.25, -0.2) is 13.8 Å². The number of amidine groups is 1. The minimum Gasteiger partial charge on any atom is -0.368 e. The van der Waals surface area contributed by atoms with Crippen molar-refractivity contribution >= 4 is 22.1 Å². The average molecular weight is 243 g/mol. The zero-order valence-electron chi connectivity index (χ0n) is 7.08. The van der Waals surface area contributed by atoms with Crippen LogP contribution in [0.5, 0.6) is 0 Å². The highest BCUT2D eigenvalue weighted by atomic mass is 32.2. The minimum absolute atomic E-state index is 0.214. The van der Waals surface area contributed by atoms with Gasteiger partial charge in [0, 0.05) is 0 Å². The third-order valence-corrected chi connectivity index (χ3v) is 2.30. The van der Waals surface area contributed by atoms with Crippen LogP contribution in [0.15, 0.2) is 9.98 Å². The Hall–Kier alpha value is -1.33. The lowest BCUT2D eigenvalue weighted by Crippen LogP contribution is -2.53. The first kappa shape index (κ1) is 11.7. The van der Waals surface area contributed by atoms with E-state index in [-0.39, 0.29) is 4.31 Å². The summed E-state index contributed by atoms with van der Waals surface area (Å²) in [4.78, 5) is 6.18. The Morgan fingerprint density at radius 3 is 2.47 bits per heavy atom. The van der Waals surface area contributed by atoms with Crippen molar-refractivity contribution < 1.29 is 21.8 Å².